The summed E-state index contributed by atoms with van der Waals surface area (Å²) in [5, 5.41) is 0. The van der Waals surface area contributed by atoms with E-state index in [1.807, 2.05) is 43.3 Å². The molecule has 0 bridgehead atoms. The van der Waals surface area contributed by atoms with Crippen LogP contribution in [0.2, 0.25) is 0 Å². The lowest BCUT2D eigenvalue weighted by molar-refractivity contribution is -0.145. The second kappa shape index (κ2) is 9.85. The standard InChI is InChI=1S/C19H27NO3/c1-6-12-20(13-7-2)18(14-15(3)19(21)23-5)16-8-10-17(22-4)11-9-16/h6-11,15,18H,1-2,12-14H2,3-5H3/t15-,18+/m1/s1. The minimum atomic E-state index is -0.194. The quantitative estimate of drug-likeness (QED) is 0.488. The van der Waals surface area contributed by atoms with Crippen LogP contribution in [-0.4, -0.2) is 38.2 Å². The van der Waals surface area contributed by atoms with Crippen LogP contribution in [0.3, 0.4) is 0 Å². The molecule has 0 aromatic heterocycles. The first-order valence-electron chi connectivity index (χ1n) is 7.75. The highest BCUT2D eigenvalue weighted by Gasteiger charge is 2.25. The maximum atomic E-state index is 11.8. The molecule has 4 nitrogen and oxygen atoms in total. The Kier molecular flexibility index (Phi) is 8.13. The number of hydrogen-bond acceptors (Lipinski definition) is 4. The van der Waals surface area contributed by atoms with Crippen molar-refractivity contribution >= 4 is 5.97 Å². The third-order valence-electron chi connectivity index (χ3n) is 3.85. The van der Waals surface area contributed by atoms with E-state index < -0.39 is 0 Å². The maximum Gasteiger partial charge on any atom is 0.308 e. The van der Waals surface area contributed by atoms with Crippen LogP contribution in [0.1, 0.15) is 24.9 Å². The van der Waals surface area contributed by atoms with Gasteiger partial charge in [-0.2, -0.15) is 0 Å². The van der Waals surface area contributed by atoms with Crippen LogP contribution in [0.25, 0.3) is 0 Å². The molecule has 1 rings (SSSR count). The molecule has 0 spiro atoms. The lowest BCUT2D eigenvalue weighted by atomic mass is 9.94. The van der Waals surface area contributed by atoms with Crippen molar-refractivity contribution < 1.29 is 14.3 Å². The monoisotopic (exact) mass is 317 g/mol. The Bertz CT molecular complexity index is 500. The fourth-order valence-electron chi connectivity index (χ4n) is 2.61. The number of hydrogen-bond donors (Lipinski definition) is 0. The molecular weight excluding hydrogens is 290 g/mol. The summed E-state index contributed by atoms with van der Waals surface area (Å²) in [5.74, 6) is 0.428. The van der Waals surface area contributed by atoms with E-state index in [1.54, 1.807) is 7.11 Å². The van der Waals surface area contributed by atoms with E-state index >= 15 is 0 Å². The van der Waals surface area contributed by atoms with Crippen molar-refractivity contribution in [2.75, 3.05) is 27.3 Å². The summed E-state index contributed by atoms with van der Waals surface area (Å²) in [4.78, 5) is 14.1. The molecule has 0 fully saturated rings. The fraction of sp³-hybridized carbons (Fsp3) is 0.421. The summed E-state index contributed by atoms with van der Waals surface area (Å²) < 4.78 is 10.1. The second-order valence-corrected chi connectivity index (χ2v) is 5.48. The van der Waals surface area contributed by atoms with Gasteiger partial charge in [-0.1, -0.05) is 31.2 Å². The number of nitrogens with zero attached hydrogens (tertiary/aromatic N) is 1. The number of carbonyl (C=O) groups excluding carboxylic acids is 1. The highest BCUT2D eigenvalue weighted by Crippen LogP contribution is 2.29. The second-order valence-electron chi connectivity index (χ2n) is 5.48. The SMILES string of the molecule is C=CCN(CC=C)[C@@H](C[C@@H](C)C(=O)OC)c1ccc(OC)cc1. The van der Waals surface area contributed by atoms with Gasteiger partial charge in [-0.25, -0.2) is 0 Å². The van der Waals surface area contributed by atoms with Gasteiger partial charge < -0.3 is 9.47 Å². The Labute approximate surface area is 139 Å². The molecule has 2 atom stereocenters. The molecule has 0 N–H and O–H groups in total. The van der Waals surface area contributed by atoms with Gasteiger partial charge in [0.05, 0.1) is 20.1 Å². The van der Waals surface area contributed by atoms with E-state index in [4.69, 9.17) is 9.47 Å². The van der Waals surface area contributed by atoms with Crippen molar-refractivity contribution in [3.05, 3.63) is 55.1 Å². The fourth-order valence-corrected chi connectivity index (χ4v) is 2.61. The van der Waals surface area contributed by atoms with Gasteiger partial charge in [0.1, 0.15) is 5.75 Å². The van der Waals surface area contributed by atoms with Crippen LogP contribution in [-0.2, 0) is 9.53 Å². The molecule has 0 aliphatic heterocycles. The summed E-state index contributed by atoms with van der Waals surface area (Å²) in [5.41, 5.74) is 1.13. The molecule has 0 saturated carbocycles. The lowest BCUT2D eigenvalue weighted by Gasteiger charge is -2.32. The first-order chi connectivity index (χ1) is 11.1. The molecule has 0 amide bonds. The van der Waals surface area contributed by atoms with Crippen molar-refractivity contribution in [3.8, 4) is 5.75 Å². The molecule has 126 valence electrons. The van der Waals surface area contributed by atoms with E-state index in [9.17, 15) is 4.79 Å². The summed E-state index contributed by atoms with van der Waals surface area (Å²) in [7, 11) is 3.07. The van der Waals surface area contributed by atoms with Gasteiger partial charge >= 0.3 is 5.97 Å². The van der Waals surface area contributed by atoms with E-state index in [1.165, 1.54) is 7.11 Å². The van der Waals surface area contributed by atoms with Gasteiger partial charge in [0.15, 0.2) is 0 Å². The number of methoxy groups -OCH3 is 2. The normalized spacial score (nSPS) is 13.2. The molecule has 0 aliphatic carbocycles. The Morgan fingerprint density at radius 1 is 1.17 bits per heavy atom. The minimum absolute atomic E-state index is 0.0750. The molecule has 0 unspecified atom stereocenters. The third-order valence-corrected chi connectivity index (χ3v) is 3.85. The van der Waals surface area contributed by atoms with E-state index in [0.29, 0.717) is 6.42 Å². The molecule has 0 heterocycles. The van der Waals surface area contributed by atoms with Crippen LogP contribution in [0.5, 0.6) is 5.75 Å². The predicted octanol–water partition coefficient (Wildman–Crippen LogP) is 3.61. The molecule has 1 aromatic carbocycles. The highest BCUT2D eigenvalue weighted by molar-refractivity contribution is 5.71. The Morgan fingerprint density at radius 3 is 2.17 bits per heavy atom. The number of carbonyl (C=O) groups is 1. The van der Waals surface area contributed by atoms with Crippen molar-refractivity contribution in [3.63, 3.8) is 0 Å². The van der Waals surface area contributed by atoms with Gasteiger partial charge in [0, 0.05) is 19.1 Å². The lowest BCUT2D eigenvalue weighted by Crippen LogP contribution is -2.32. The summed E-state index contributed by atoms with van der Waals surface area (Å²) in [6.45, 7) is 11.0. The van der Waals surface area contributed by atoms with Crippen LogP contribution in [0, 0.1) is 5.92 Å². The van der Waals surface area contributed by atoms with Crippen molar-refractivity contribution in [2.45, 2.75) is 19.4 Å². The molecule has 1 aromatic rings. The van der Waals surface area contributed by atoms with Gasteiger partial charge in [-0.15, -0.1) is 13.2 Å². The zero-order valence-corrected chi connectivity index (χ0v) is 14.3. The number of esters is 1. The number of benzene rings is 1. The molecule has 23 heavy (non-hydrogen) atoms. The first-order valence-corrected chi connectivity index (χ1v) is 7.75. The van der Waals surface area contributed by atoms with Gasteiger partial charge in [0.25, 0.3) is 0 Å². The van der Waals surface area contributed by atoms with E-state index in [-0.39, 0.29) is 17.9 Å². The largest absolute Gasteiger partial charge is 0.497 e. The van der Waals surface area contributed by atoms with Gasteiger partial charge in [-0.3, -0.25) is 9.69 Å². The number of ether oxygens (including phenoxy) is 2. The van der Waals surface area contributed by atoms with Crippen LogP contribution < -0.4 is 4.74 Å². The maximum absolute atomic E-state index is 11.8. The molecule has 4 heteroatoms. The number of rotatable bonds is 10. The van der Waals surface area contributed by atoms with Crippen LogP contribution >= 0.6 is 0 Å². The van der Waals surface area contributed by atoms with Crippen molar-refractivity contribution in [1.29, 1.82) is 0 Å². The Morgan fingerprint density at radius 2 is 1.74 bits per heavy atom. The first kappa shape index (κ1) is 19.0. The molecule has 0 radical (unpaired) electrons. The van der Waals surface area contributed by atoms with Crippen LogP contribution in [0.4, 0.5) is 0 Å². The van der Waals surface area contributed by atoms with Gasteiger partial charge in [0.2, 0.25) is 0 Å². The molecular formula is C19H27NO3. The average Bonchev–Trinajstić information content (AvgIpc) is 2.58. The summed E-state index contributed by atoms with van der Waals surface area (Å²) in [6, 6.07) is 8.02. The van der Waals surface area contributed by atoms with E-state index in [0.717, 1.165) is 24.4 Å². The smallest absolute Gasteiger partial charge is 0.308 e. The van der Waals surface area contributed by atoms with Gasteiger partial charge in [-0.05, 0) is 24.1 Å². The zero-order chi connectivity index (χ0) is 17.2. The van der Waals surface area contributed by atoms with Crippen molar-refractivity contribution in [2.24, 2.45) is 5.92 Å². The summed E-state index contributed by atoms with van der Waals surface area (Å²) >= 11 is 0. The highest BCUT2D eigenvalue weighted by atomic mass is 16.5. The zero-order valence-electron chi connectivity index (χ0n) is 14.3. The van der Waals surface area contributed by atoms with E-state index in [2.05, 4.69) is 18.1 Å². The third kappa shape index (κ3) is 5.57. The predicted molar refractivity (Wildman–Crippen MR) is 93.5 cm³/mol. The average molecular weight is 317 g/mol. The summed E-state index contributed by atoms with van der Waals surface area (Å²) in [6.07, 6.45) is 4.40. The molecule has 0 aliphatic rings. The Balaban J connectivity index is 3.08. The van der Waals surface area contributed by atoms with Crippen LogP contribution in [0.15, 0.2) is 49.6 Å². The topological polar surface area (TPSA) is 38.8 Å². The Hall–Kier alpha value is -2.07. The van der Waals surface area contributed by atoms with Crippen molar-refractivity contribution in [1.82, 2.24) is 4.90 Å². The molecule has 0 saturated heterocycles. The minimum Gasteiger partial charge on any atom is -0.497 e.